The van der Waals surface area contributed by atoms with Gasteiger partial charge in [-0.25, -0.2) is 0 Å². The van der Waals surface area contributed by atoms with E-state index in [0.717, 1.165) is 25.8 Å². The summed E-state index contributed by atoms with van der Waals surface area (Å²) in [7, 11) is 0. The molecule has 0 aliphatic carbocycles. The van der Waals surface area contributed by atoms with E-state index in [1.807, 2.05) is 25.7 Å². The number of carbonyl (C=O) groups is 2. The van der Waals surface area contributed by atoms with Crippen LogP contribution in [0.3, 0.4) is 0 Å². The van der Waals surface area contributed by atoms with Gasteiger partial charge in [-0.1, -0.05) is 6.92 Å². The van der Waals surface area contributed by atoms with E-state index in [0.29, 0.717) is 12.8 Å². The van der Waals surface area contributed by atoms with Crippen LogP contribution >= 0.6 is 0 Å². The second-order valence-corrected chi connectivity index (χ2v) is 6.82. The monoisotopic (exact) mass is 268 g/mol. The molecule has 4 heteroatoms. The Morgan fingerprint density at radius 2 is 1.95 bits per heavy atom. The summed E-state index contributed by atoms with van der Waals surface area (Å²) in [5.74, 6) is 0.330. The molecule has 1 aliphatic rings. The predicted octanol–water partition coefficient (Wildman–Crippen LogP) is 2.47. The Kier molecular flexibility index (Phi) is 4.99. The third-order valence-corrected chi connectivity index (χ3v) is 3.63. The zero-order valence-corrected chi connectivity index (χ0v) is 13.0. The van der Waals surface area contributed by atoms with Crippen LogP contribution in [0.25, 0.3) is 0 Å². The minimum Gasteiger partial charge on any atom is -0.351 e. The van der Waals surface area contributed by atoms with E-state index >= 15 is 0 Å². The number of amides is 2. The number of nitrogens with one attached hydrogen (secondary N) is 1. The van der Waals surface area contributed by atoms with Crippen LogP contribution < -0.4 is 5.32 Å². The Morgan fingerprint density at radius 1 is 1.32 bits per heavy atom. The smallest absolute Gasteiger partial charge is 0.223 e. The van der Waals surface area contributed by atoms with E-state index in [9.17, 15) is 9.59 Å². The molecule has 0 aromatic heterocycles. The van der Waals surface area contributed by atoms with Gasteiger partial charge in [0.2, 0.25) is 11.8 Å². The summed E-state index contributed by atoms with van der Waals surface area (Å²) >= 11 is 0. The summed E-state index contributed by atoms with van der Waals surface area (Å²) in [6.45, 7) is 11.1. The summed E-state index contributed by atoms with van der Waals surface area (Å²) in [6, 6.07) is 0. The first-order valence-electron chi connectivity index (χ1n) is 7.29. The molecular formula is C15H28N2O2. The molecule has 1 heterocycles. The van der Waals surface area contributed by atoms with Gasteiger partial charge in [-0.2, -0.15) is 0 Å². The highest BCUT2D eigenvalue weighted by atomic mass is 16.2. The highest BCUT2D eigenvalue weighted by Gasteiger charge is 2.38. The van der Waals surface area contributed by atoms with E-state index in [1.165, 1.54) is 0 Å². The molecule has 0 saturated carbocycles. The van der Waals surface area contributed by atoms with E-state index < -0.39 is 0 Å². The van der Waals surface area contributed by atoms with Crippen molar-refractivity contribution in [3.05, 3.63) is 0 Å². The Hall–Kier alpha value is -1.06. The summed E-state index contributed by atoms with van der Waals surface area (Å²) in [5, 5.41) is 3.07. The molecule has 4 nitrogen and oxygen atoms in total. The molecule has 0 bridgehead atoms. The molecule has 110 valence electrons. The first kappa shape index (κ1) is 16.0. The Balaban J connectivity index is 2.64. The molecule has 2 amide bonds. The zero-order chi connectivity index (χ0) is 14.7. The minimum absolute atomic E-state index is 0.0936. The summed E-state index contributed by atoms with van der Waals surface area (Å²) in [4.78, 5) is 25.6. The van der Waals surface area contributed by atoms with Gasteiger partial charge in [-0.05, 0) is 47.0 Å². The maximum atomic E-state index is 11.9. The first-order valence-corrected chi connectivity index (χ1v) is 7.29. The minimum atomic E-state index is -0.293. The molecule has 0 radical (unpaired) electrons. The van der Waals surface area contributed by atoms with Crippen LogP contribution in [0.5, 0.6) is 0 Å². The lowest BCUT2D eigenvalue weighted by atomic mass is 9.85. The quantitative estimate of drug-likeness (QED) is 0.804. The molecule has 0 unspecified atom stereocenters. The van der Waals surface area contributed by atoms with Crippen LogP contribution in [0.4, 0.5) is 0 Å². The van der Waals surface area contributed by atoms with Gasteiger partial charge < -0.3 is 10.2 Å². The van der Waals surface area contributed by atoms with Gasteiger partial charge in [-0.3, -0.25) is 9.59 Å². The average Bonchev–Trinajstić information content (AvgIpc) is 2.62. The Labute approximate surface area is 116 Å². The fourth-order valence-electron chi connectivity index (χ4n) is 3.18. The van der Waals surface area contributed by atoms with Gasteiger partial charge in [-0.15, -0.1) is 0 Å². The van der Waals surface area contributed by atoms with E-state index in [2.05, 4.69) is 19.2 Å². The molecule has 0 spiro atoms. The van der Waals surface area contributed by atoms with E-state index in [-0.39, 0.29) is 22.9 Å². The van der Waals surface area contributed by atoms with Gasteiger partial charge in [0.15, 0.2) is 0 Å². The van der Waals surface area contributed by atoms with Gasteiger partial charge in [0.1, 0.15) is 0 Å². The molecule has 1 N–H and O–H groups in total. The van der Waals surface area contributed by atoms with Crippen LogP contribution in [-0.4, -0.2) is 34.3 Å². The van der Waals surface area contributed by atoms with Gasteiger partial charge in [0.05, 0.1) is 0 Å². The zero-order valence-electron chi connectivity index (χ0n) is 13.0. The number of rotatable bonds is 6. The maximum absolute atomic E-state index is 11.9. The molecule has 1 aliphatic heterocycles. The average molecular weight is 268 g/mol. The van der Waals surface area contributed by atoms with Crippen LogP contribution in [0.2, 0.25) is 0 Å². The predicted molar refractivity (Wildman–Crippen MR) is 76.8 cm³/mol. The van der Waals surface area contributed by atoms with Crippen molar-refractivity contribution in [1.29, 1.82) is 0 Å². The summed E-state index contributed by atoms with van der Waals surface area (Å²) in [6.07, 6.45) is 3.79. The number of hydrogen-bond donors (Lipinski definition) is 1. The van der Waals surface area contributed by atoms with Gasteiger partial charge in [0.25, 0.3) is 0 Å². The Morgan fingerprint density at radius 3 is 2.42 bits per heavy atom. The molecule has 19 heavy (non-hydrogen) atoms. The molecule has 1 rings (SSSR count). The molecule has 0 aromatic carbocycles. The van der Waals surface area contributed by atoms with Crippen LogP contribution in [-0.2, 0) is 9.59 Å². The molecule has 0 atom stereocenters. The van der Waals surface area contributed by atoms with Crippen molar-refractivity contribution in [3.63, 3.8) is 0 Å². The third kappa shape index (κ3) is 4.51. The topological polar surface area (TPSA) is 49.4 Å². The molecular weight excluding hydrogens is 240 g/mol. The first-order chi connectivity index (χ1) is 8.68. The Bertz CT molecular complexity index is 348. The molecule has 1 saturated heterocycles. The van der Waals surface area contributed by atoms with Crippen molar-refractivity contribution < 1.29 is 9.59 Å². The van der Waals surface area contributed by atoms with Crippen molar-refractivity contribution in [2.75, 3.05) is 6.54 Å². The normalized spacial score (nSPS) is 16.9. The SMILES string of the molecule is CCCC(=O)NC(C)(C)CC(C)(C)N1CCCC1=O. The van der Waals surface area contributed by atoms with Crippen LogP contribution in [0.15, 0.2) is 0 Å². The van der Waals surface area contributed by atoms with Crippen molar-refractivity contribution in [2.24, 2.45) is 0 Å². The fourth-order valence-corrected chi connectivity index (χ4v) is 3.18. The van der Waals surface area contributed by atoms with Crippen molar-refractivity contribution in [2.45, 2.75) is 77.8 Å². The largest absolute Gasteiger partial charge is 0.351 e. The van der Waals surface area contributed by atoms with Gasteiger partial charge >= 0.3 is 0 Å². The molecule has 1 fully saturated rings. The standard InChI is InChI=1S/C15H28N2O2/c1-6-8-12(18)16-14(2,3)11-15(4,5)17-10-7-9-13(17)19/h6-11H2,1-5H3,(H,16,18). The lowest BCUT2D eigenvalue weighted by Gasteiger charge is -2.41. The van der Waals surface area contributed by atoms with Crippen molar-refractivity contribution >= 4 is 11.8 Å². The fraction of sp³-hybridized carbons (Fsp3) is 0.867. The number of carbonyl (C=O) groups excluding carboxylic acids is 2. The van der Waals surface area contributed by atoms with Gasteiger partial charge in [0, 0.05) is 30.5 Å². The number of likely N-dealkylation sites (tertiary alicyclic amines) is 1. The number of hydrogen-bond acceptors (Lipinski definition) is 2. The lowest BCUT2D eigenvalue weighted by Crippen LogP contribution is -2.54. The van der Waals surface area contributed by atoms with Crippen LogP contribution in [0, 0.1) is 0 Å². The van der Waals surface area contributed by atoms with E-state index in [4.69, 9.17) is 0 Å². The lowest BCUT2D eigenvalue weighted by molar-refractivity contribution is -0.133. The summed E-state index contributed by atoms with van der Waals surface area (Å²) < 4.78 is 0. The number of nitrogens with zero attached hydrogens (tertiary/aromatic N) is 1. The van der Waals surface area contributed by atoms with Crippen molar-refractivity contribution in [3.8, 4) is 0 Å². The highest BCUT2D eigenvalue weighted by molar-refractivity contribution is 5.79. The van der Waals surface area contributed by atoms with E-state index in [1.54, 1.807) is 0 Å². The second-order valence-electron chi connectivity index (χ2n) is 6.82. The summed E-state index contributed by atoms with van der Waals surface area (Å²) in [5.41, 5.74) is -0.505. The van der Waals surface area contributed by atoms with Crippen molar-refractivity contribution in [1.82, 2.24) is 10.2 Å². The second kappa shape index (κ2) is 5.93. The third-order valence-electron chi connectivity index (χ3n) is 3.63. The maximum Gasteiger partial charge on any atom is 0.223 e. The molecule has 0 aromatic rings. The highest BCUT2D eigenvalue weighted by Crippen LogP contribution is 2.29. The van der Waals surface area contributed by atoms with Crippen LogP contribution in [0.1, 0.15) is 66.7 Å².